The molecule has 0 fully saturated rings. The van der Waals surface area contributed by atoms with Crippen molar-refractivity contribution in [2.45, 2.75) is 6.92 Å². The molecule has 8 nitrogen and oxygen atoms in total. The Bertz CT molecular complexity index is 930. The summed E-state index contributed by atoms with van der Waals surface area (Å²) in [5, 5.41) is 17.3. The number of amides is 1. The van der Waals surface area contributed by atoms with Gasteiger partial charge in [-0.25, -0.2) is 4.98 Å². The molecule has 2 aromatic heterocycles. The van der Waals surface area contributed by atoms with Crippen molar-refractivity contribution >= 4 is 23.4 Å². The number of anilines is 3. The monoisotopic (exact) mass is 378 g/mol. The van der Waals surface area contributed by atoms with Gasteiger partial charge in [0.1, 0.15) is 17.4 Å². The van der Waals surface area contributed by atoms with E-state index < -0.39 is 0 Å². The quantitative estimate of drug-likeness (QED) is 0.518. The molecule has 0 saturated carbocycles. The Hall–Kier alpha value is -3.68. The summed E-state index contributed by atoms with van der Waals surface area (Å²) in [6.45, 7) is 2.95. The molecule has 8 heteroatoms. The van der Waals surface area contributed by atoms with Crippen LogP contribution in [0.15, 0.2) is 54.7 Å². The molecule has 2 heterocycles. The first-order valence-corrected chi connectivity index (χ1v) is 8.84. The molecule has 0 saturated heterocycles. The van der Waals surface area contributed by atoms with Gasteiger partial charge < -0.3 is 20.7 Å². The highest BCUT2D eigenvalue weighted by molar-refractivity contribution is 5.96. The van der Waals surface area contributed by atoms with E-state index in [4.69, 9.17) is 4.74 Å². The second kappa shape index (κ2) is 9.31. The highest BCUT2D eigenvalue weighted by Crippen LogP contribution is 2.16. The number of benzene rings is 1. The number of nitrogens with zero attached hydrogens (tertiary/aromatic N) is 3. The lowest BCUT2D eigenvalue weighted by Gasteiger charge is -2.10. The molecule has 0 bridgehead atoms. The maximum absolute atomic E-state index is 12.2. The van der Waals surface area contributed by atoms with Crippen molar-refractivity contribution in [2.24, 2.45) is 0 Å². The molecule has 0 aliphatic carbocycles. The van der Waals surface area contributed by atoms with Gasteiger partial charge in [0, 0.05) is 19.3 Å². The normalized spacial score (nSPS) is 10.2. The summed E-state index contributed by atoms with van der Waals surface area (Å²) in [4.78, 5) is 16.4. The minimum atomic E-state index is -0.185. The fourth-order valence-corrected chi connectivity index (χ4v) is 2.52. The number of carbonyl (C=O) groups excluding carboxylic acids is 1. The van der Waals surface area contributed by atoms with Crippen LogP contribution in [0.25, 0.3) is 0 Å². The predicted molar refractivity (Wildman–Crippen MR) is 108 cm³/mol. The van der Waals surface area contributed by atoms with Crippen molar-refractivity contribution in [3.63, 3.8) is 0 Å². The van der Waals surface area contributed by atoms with Gasteiger partial charge in [0.15, 0.2) is 5.82 Å². The molecule has 144 valence electrons. The lowest BCUT2D eigenvalue weighted by molar-refractivity contribution is 0.0952. The fourth-order valence-electron chi connectivity index (χ4n) is 2.52. The zero-order valence-corrected chi connectivity index (χ0v) is 15.8. The number of aromatic nitrogens is 3. The van der Waals surface area contributed by atoms with E-state index >= 15 is 0 Å². The Kier molecular flexibility index (Phi) is 6.35. The molecule has 3 rings (SSSR count). The van der Waals surface area contributed by atoms with Crippen LogP contribution in [-0.2, 0) is 0 Å². The van der Waals surface area contributed by atoms with Crippen LogP contribution in [0.4, 0.5) is 17.5 Å². The van der Waals surface area contributed by atoms with Crippen LogP contribution in [0, 0.1) is 6.92 Å². The molecule has 0 aliphatic rings. The van der Waals surface area contributed by atoms with Crippen LogP contribution in [0.3, 0.4) is 0 Å². The van der Waals surface area contributed by atoms with Gasteiger partial charge >= 0.3 is 0 Å². The molecular weight excluding hydrogens is 356 g/mol. The first kappa shape index (κ1) is 19.1. The second-order valence-corrected chi connectivity index (χ2v) is 6.03. The van der Waals surface area contributed by atoms with Gasteiger partial charge in [0.25, 0.3) is 5.91 Å². The van der Waals surface area contributed by atoms with Crippen LogP contribution < -0.4 is 20.7 Å². The number of hydrogen-bond acceptors (Lipinski definition) is 7. The Morgan fingerprint density at radius 1 is 1.00 bits per heavy atom. The summed E-state index contributed by atoms with van der Waals surface area (Å²) >= 11 is 0. The number of nitrogens with one attached hydrogen (secondary N) is 3. The number of pyridine rings is 1. The largest absolute Gasteiger partial charge is 0.496 e. The van der Waals surface area contributed by atoms with E-state index in [9.17, 15) is 4.79 Å². The highest BCUT2D eigenvalue weighted by Gasteiger charge is 2.10. The van der Waals surface area contributed by atoms with Crippen molar-refractivity contribution in [1.29, 1.82) is 0 Å². The van der Waals surface area contributed by atoms with Gasteiger partial charge in [-0.05, 0) is 48.9 Å². The Morgan fingerprint density at radius 3 is 2.54 bits per heavy atom. The number of ether oxygens (including phenoxy) is 1. The summed E-state index contributed by atoms with van der Waals surface area (Å²) in [6.07, 6.45) is 1.74. The molecule has 1 aromatic carbocycles. The van der Waals surface area contributed by atoms with Crippen LogP contribution in [-0.4, -0.2) is 41.3 Å². The number of carbonyl (C=O) groups is 1. The minimum absolute atomic E-state index is 0.185. The smallest absolute Gasteiger partial charge is 0.255 e. The molecule has 0 unspecified atom stereocenters. The standard InChI is InChI=1S/C20H22N6O2/c1-14-9-10-21-19(13-14)24-18-8-7-17(25-26-18)22-11-12-23-20(27)15-5-3-4-6-16(15)28-2/h3-10,13H,11-12H2,1-2H3,(H,22,25)(H,23,27)(H,21,24,26). The Labute approximate surface area is 163 Å². The number of hydrogen-bond donors (Lipinski definition) is 3. The molecule has 0 radical (unpaired) electrons. The van der Waals surface area contributed by atoms with Gasteiger partial charge in [-0.3, -0.25) is 4.79 Å². The average molecular weight is 378 g/mol. The van der Waals surface area contributed by atoms with Crippen LogP contribution in [0.1, 0.15) is 15.9 Å². The molecule has 3 aromatic rings. The van der Waals surface area contributed by atoms with Gasteiger partial charge in [-0.1, -0.05) is 12.1 Å². The van der Waals surface area contributed by atoms with Crippen molar-refractivity contribution in [3.05, 3.63) is 65.9 Å². The number of methoxy groups -OCH3 is 1. The third-order valence-electron chi connectivity index (χ3n) is 3.90. The van der Waals surface area contributed by atoms with Gasteiger partial charge in [-0.2, -0.15) is 0 Å². The molecule has 0 aliphatic heterocycles. The van der Waals surface area contributed by atoms with E-state index in [1.165, 1.54) is 0 Å². The highest BCUT2D eigenvalue weighted by atomic mass is 16.5. The first-order chi connectivity index (χ1) is 13.7. The molecular formula is C20H22N6O2. The lowest BCUT2D eigenvalue weighted by atomic mass is 10.2. The lowest BCUT2D eigenvalue weighted by Crippen LogP contribution is -2.29. The summed E-state index contributed by atoms with van der Waals surface area (Å²) < 4.78 is 5.20. The molecule has 1 amide bonds. The van der Waals surface area contributed by atoms with Crippen molar-refractivity contribution in [1.82, 2.24) is 20.5 Å². The van der Waals surface area contributed by atoms with Crippen molar-refractivity contribution in [3.8, 4) is 5.75 Å². The Morgan fingerprint density at radius 2 is 1.79 bits per heavy atom. The number of para-hydroxylation sites is 1. The average Bonchev–Trinajstić information content (AvgIpc) is 2.72. The molecule has 3 N–H and O–H groups in total. The summed E-state index contributed by atoms with van der Waals surface area (Å²) in [5.74, 6) is 2.30. The van der Waals surface area contributed by atoms with E-state index in [1.807, 2.05) is 37.3 Å². The minimum Gasteiger partial charge on any atom is -0.496 e. The number of rotatable bonds is 8. The topological polar surface area (TPSA) is 101 Å². The number of aryl methyl sites for hydroxylation is 1. The molecule has 0 atom stereocenters. The van der Waals surface area contributed by atoms with E-state index in [0.29, 0.717) is 41.9 Å². The van der Waals surface area contributed by atoms with Crippen molar-refractivity contribution < 1.29 is 9.53 Å². The van der Waals surface area contributed by atoms with Crippen molar-refractivity contribution in [2.75, 3.05) is 30.8 Å². The molecule has 28 heavy (non-hydrogen) atoms. The van der Waals surface area contributed by atoms with Crippen LogP contribution in [0.2, 0.25) is 0 Å². The fraction of sp³-hybridized carbons (Fsp3) is 0.200. The molecule has 0 spiro atoms. The first-order valence-electron chi connectivity index (χ1n) is 8.84. The second-order valence-electron chi connectivity index (χ2n) is 6.03. The summed E-state index contributed by atoms with van der Waals surface area (Å²) in [7, 11) is 1.54. The predicted octanol–water partition coefficient (Wildman–Crippen LogP) is 2.77. The maximum Gasteiger partial charge on any atom is 0.255 e. The van der Waals surface area contributed by atoms with Gasteiger partial charge in [0.05, 0.1) is 12.7 Å². The van der Waals surface area contributed by atoms with E-state index in [0.717, 1.165) is 5.56 Å². The zero-order valence-electron chi connectivity index (χ0n) is 15.8. The van der Waals surface area contributed by atoms with Crippen LogP contribution in [0.5, 0.6) is 5.75 Å². The zero-order chi connectivity index (χ0) is 19.8. The van der Waals surface area contributed by atoms with Gasteiger partial charge in [-0.15, -0.1) is 10.2 Å². The summed E-state index contributed by atoms with van der Waals surface area (Å²) in [5.41, 5.74) is 1.61. The Balaban J connectivity index is 1.45. The third kappa shape index (κ3) is 5.16. The van der Waals surface area contributed by atoms with E-state index in [1.54, 1.807) is 31.5 Å². The maximum atomic E-state index is 12.2. The van der Waals surface area contributed by atoms with Crippen LogP contribution >= 0.6 is 0 Å². The SMILES string of the molecule is COc1ccccc1C(=O)NCCNc1ccc(Nc2cc(C)ccn2)nn1. The van der Waals surface area contributed by atoms with E-state index in [-0.39, 0.29) is 5.91 Å². The van der Waals surface area contributed by atoms with Gasteiger partial charge in [0.2, 0.25) is 0 Å². The third-order valence-corrected chi connectivity index (χ3v) is 3.90. The van der Waals surface area contributed by atoms with E-state index in [2.05, 4.69) is 31.1 Å². The summed E-state index contributed by atoms with van der Waals surface area (Å²) in [6, 6.07) is 14.6.